The zero-order valence-corrected chi connectivity index (χ0v) is 26.1. The molecule has 4 aliphatic heterocycles. The average Bonchev–Trinajstić information content (AvgIpc) is 3.40. The van der Waals surface area contributed by atoms with Crippen LogP contribution in [0.3, 0.4) is 0 Å². The predicted octanol–water partition coefficient (Wildman–Crippen LogP) is 5.56. The minimum atomic E-state index is 0.278. The maximum atomic E-state index is 12.4. The summed E-state index contributed by atoms with van der Waals surface area (Å²) in [4.78, 5) is 26.3. The van der Waals surface area contributed by atoms with Crippen LogP contribution < -0.4 is 0 Å². The Morgan fingerprint density at radius 1 is 0.846 bits per heavy atom. The van der Waals surface area contributed by atoms with Crippen molar-refractivity contribution in [3.8, 4) is 0 Å². The molecule has 0 spiro atoms. The zero-order chi connectivity index (χ0) is 27.9. The number of likely N-dealkylation sites (N-methyl/N-ethyl adjacent to an activating group) is 1. The highest BCUT2D eigenvalue weighted by molar-refractivity contribution is 5.74. The molecule has 2 amide bonds. The summed E-state index contributed by atoms with van der Waals surface area (Å²) >= 11 is 0. The van der Waals surface area contributed by atoms with E-state index in [0.717, 1.165) is 63.6 Å². The Hall–Kier alpha value is -1.60. The van der Waals surface area contributed by atoms with E-state index < -0.39 is 0 Å². The molecule has 1 aromatic rings. The summed E-state index contributed by atoms with van der Waals surface area (Å²) in [5.41, 5.74) is 1.49. The first kappa shape index (κ1) is 30.4. The minimum Gasteiger partial charge on any atom is -0.332 e. The summed E-state index contributed by atoms with van der Waals surface area (Å²) < 4.78 is 2.55. The van der Waals surface area contributed by atoms with Crippen molar-refractivity contribution in [3.05, 3.63) is 17.7 Å². The number of nitrogens with zero attached hydrogens (tertiary/aromatic N) is 6. The molecule has 0 aromatic carbocycles. The summed E-state index contributed by atoms with van der Waals surface area (Å²) in [6.45, 7) is 24.4. The first-order valence-corrected chi connectivity index (χ1v) is 16.3. The van der Waals surface area contributed by atoms with Gasteiger partial charge in [0.15, 0.2) is 0 Å². The Labute approximate surface area is 239 Å². The number of fused-ring (bicyclic) bond motifs is 1. The topological polar surface area (TPSA) is 47.9 Å². The molecule has 7 nitrogen and oxygen atoms in total. The van der Waals surface area contributed by atoms with Gasteiger partial charge in [0.25, 0.3) is 0 Å². The fourth-order valence-electron chi connectivity index (χ4n) is 7.07. The fourth-order valence-corrected chi connectivity index (χ4v) is 7.07. The van der Waals surface area contributed by atoms with Gasteiger partial charge >= 0.3 is 6.03 Å². The smallest absolute Gasteiger partial charge is 0.320 e. The van der Waals surface area contributed by atoms with Crippen molar-refractivity contribution >= 4 is 6.03 Å². The largest absolute Gasteiger partial charge is 0.332 e. The molecule has 5 rings (SSSR count). The van der Waals surface area contributed by atoms with Crippen molar-refractivity contribution in [2.75, 3.05) is 58.9 Å². The van der Waals surface area contributed by atoms with Gasteiger partial charge in [-0.15, -0.1) is 0 Å². The lowest BCUT2D eigenvalue weighted by molar-refractivity contribution is 0.102. The van der Waals surface area contributed by atoms with Crippen LogP contribution in [0.1, 0.15) is 97.5 Å². The van der Waals surface area contributed by atoms with Crippen LogP contribution in [0.25, 0.3) is 0 Å². The van der Waals surface area contributed by atoms with E-state index in [-0.39, 0.29) is 6.03 Å². The number of likely N-dealkylation sites (tertiary alicyclic amines) is 2. The van der Waals surface area contributed by atoms with Gasteiger partial charge in [0.05, 0.1) is 0 Å². The second-order valence-corrected chi connectivity index (χ2v) is 13.2. The van der Waals surface area contributed by atoms with Crippen LogP contribution in [0.15, 0.2) is 6.20 Å². The highest BCUT2D eigenvalue weighted by Crippen LogP contribution is 2.33. The van der Waals surface area contributed by atoms with E-state index in [2.05, 4.69) is 67.0 Å². The first-order chi connectivity index (χ1) is 18.8. The van der Waals surface area contributed by atoms with E-state index in [1.807, 2.05) is 4.90 Å². The molecule has 3 fully saturated rings. The Morgan fingerprint density at radius 3 is 2.05 bits per heavy atom. The normalized spacial score (nSPS) is 24.2. The zero-order valence-electron chi connectivity index (χ0n) is 26.1. The molecule has 222 valence electrons. The number of piperidine rings is 2. The van der Waals surface area contributed by atoms with Gasteiger partial charge in [0.2, 0.25) is 0 Å². The molecule has 0 saturated carbocycles. The van der Waals surface area contributed by atoms with Gasteiger partial charge in [0, 0.05) is 69.7 Å². The number of carbonyl (C=O) groups excluding carboxylic acids is 1. The molecule has 1 unspecified atom stereocenters. The SMILES string of the molecule is CC(C)C1CCn2c(cnc2C2CCN(C(C)C)CC2)C1.CCC1CCN(C(=O)N2CCN(CC)CC2)CC1. The molecule has 0 bridgehead atoms. The molecule has 0 aliphatic carbocycles. The van der Waals surface area contributed by atoms with E-state index in [4.69, 9.17) is 4.98 Å². The summed E-state index contributed by atoms with van der Waals surface area (Å²) in [6, 6.07) is 0.965. The van der Waals surface area contributed by atoms with Crippen LogP contribution in [0, 0.1) is 17.8 Å². The molecule has 4 aliphatic rings. The molecule has 1 atom stereocenters. The van der Waals surface area contributed by atoms with Crippen LogP contribution in [-0.2, 0) is 13.0 Å². The Bertz CT molecular complexity index is 847. The third-order valence-corrected chi connectivity index (χ3v) is 10.3. The lowest BCUT2D eigenvalue weighted by Gasteiger charge is -2.39. The molecule has 0 radical (unpaired) electrons. The third-order valence-electron chi connectivity index (χ3n) is 10.3. The lowest BCUT2D eigenvalue weighted by atomic mass is 9.86. The van der Waals surface area contributed by atoms with E-state index >= 15 is 0 Å². The highest BCUT2D eigenvalue weighted by Gasteiger charge is 2.30. The van der Waals surface area contributed by atoms with Gasteiger partial charge in [-0.1, -0.05) is 34.1 Å². The predicted molar refractivity (Wildman–Crippen MR) is 161 cm³/mol. The van der Waals surface area contributed by atoms with Crippen LogP contribution in [0.5, 0.6) is 0 Å². The highest BCUT2D eigenvalue weighted by atomic mass is 16.2. The summed E-state index contributed by atoms with van der Waals surface area (Å²) in [6.07, 6.45) is 10.9. The van der Waals surface area contributed by atoms with E-state index in [0.29, 0.717) is 12.0 Å². The number of aromatic nitrogens is 2. The quantitative estimate of drug-likeness (QED) is 0.489. The van der Waals surface area contributed by atoms with Gasteiger partial charge < -0.3 is 24.2 Å². The van der Waals surface area contributed by atoms with Gasteiger partial charge in [-0.05, 0) is 89.8 Å². The van der Waals surface area contributed by atoms with E-state index in [1.165, 1.54) is 76.1 Å². The monoisotopic (exact) mass is 542 g/mol. The molecule has 7 heteroatoms. The Kier molecular flexibility index (Phi) is 11.2. The van der Waals surface area contributed by atoms with E-state index in [1.54, 1.807) is 0 Å². The van der Waals surface area contributed by atoms with Crippen LogP contribution >= 0.6 is 0 Å². The number of amides is 2. The molecular formula is C32H58N6O. The van der Waals surface area contributed by atoms with Gasteiger partial charge in [-0.2, -0.15) is 0 Å². The fraction of sp³-hybridized carbons (Fsp3) is 0.875. The second-order valence-electron chi connectivity index (χ2n) is 13.2. The summed E-state index contributed by atoms with van der Waals surface area (Å²) in [7, 11) is 0. The maximum absolute atomic E-state index is 12.4. The standard InChI is InChI=1S/C18H31N3.C14H27N3O/c1-13(2)16-7-10-21-17(11-16)12-19-18(21)15-5-8-20(9-6-15)14(3)4;1-3-13-5-7-16(8-6-13)14(18)17-11-9-15(4-2)10-12-17/h12-16H,5-11H2,1-4H3;13H,3-12H2,1-2H3. The molecule has 5 heterocycles. The van der Waals surface area contributed by atoms with E-state index in [9.17, 15) is 4.79 Å². The first-order valence-electron chi connectivity index (χ1n) is 16.3. The van der Waals surface area contributed by atoms with Crippen LogP contribution in [-0.4, -0.2) is 100 Å². The maximum Gasteiger partial charge on any atom is 0.320 e. The molecular weight excluding hydrogens is 484 g/mol. The number of rotatable bonds is 5. The number of carbonyl (C=O) groups is 1. The summed E-state index contributed by atoms with van der Waals surface area (Å²) in [5, 5.41) is 0. The van der Waals surface area contributed by atoms with Crippen molar-refractivity contribution in [1.29, 1.82) is 0 Å². The van der Waals surface area contributed by atoms with Gasteiger partial charge in [0.1, 0.15) is 5.82 Å². The van der Waals surface area contributed by atoms with Crippen LogP contribution in [0.4, 0.5) is 4.79 Å². The number of hydrogen-bond acceptors (Lipinski definition) is 4. The Balaban J connectivity index is 0.000000183. The second kappa shape index (κ2) is 14.3. The lowest BCUT2D eigenvalue weighted by Crippen LogP contribution is -2.53. The number of urea groups is 1. The van der Waals surface area contributed by atoms with Crippen LogP contribution in [0.2, 0.25) is 0 Å². The van der Waals surface area contributed by atoms with Crippen molar-refractivity contribution in [2.45, 2.75) is 105 Å². The minimum absolute atomic E-state index is 0.278. The summed E-state index contributed by atoms with van der Waals surface area (Å²) in [5.74, 6) is 4.56. The van der Waals surface area contributed by atoms with Crippen molar-refractivity contribution in [3.63, 3.8) is 0 Å². The Morgan fingerprint density at radius 2 is 1.49 bits per heavy atom. The van der Waals surface area contributed by atoms with Crippen molar-refractivity contribution in [1.82, 2.24) is 29.2 Å². The number of hydrogen-bond donors (Lipinski definition) is 0. The van der Waals surface area contributed by atoms with Gasteiger partial charge in [-0.25, -0.2) is 9.78 Å². The van der Waals surface area contributed by atoms with Gasteiger partial charge in [-0.3, -0.25) is 0 Å². The molecule has 0 N–H and O–H groups in total. The van der Waals surface area contributed by atoms with Crippen molar-refractivity contribution < 1.29 is 4.79 Å². The molecule has 39 heavy (non-hydrogen) atoms. The average molecular weight is 543 g/mol. The number of imidazole rings is 1. The number of piperazine rings is 1. The molecule has 1 aromatic heterocycles. The third kappa shape index (κ3) is 7.78. The molecule has 3 saturated heterocycles. The van der Waals surface area contributed by atoms with Crippen molar-refractivity contribution in [2.24, 2.45) is 17.8 Å².